The maximum atomic E-state index is 13.0. The average Bonchev–Trinajstić information content (AvgIpc) is 3.02. The topological polar surface area (TPSA) is 92.7 Å². The summed E-state index contributed by atoms with van der Waals surface area (Å²) in [6.07, 6.45) is 2.96. The Labute approximate surface area is 152 Å². The molecule has 0 aliphatic carbocycles. The van der Waals surface area contributed by atoms with Crippen molar-refractivity contribution in [1.82, 2.24) is 19.7 Å². The van der Waals surface area contributed by atoms with E-state index in [0.29, 0.717) is 28.2 Å². The number of anilines is 1. The Hall–Kier alpha value is -3.81. The Balaban J connectivity index is 1.76. The van der Waals surface area contributed by atoms with Crippen LogP contribution < -0.4 is 10.7 Å². The predicted molar refractivity (Wildman–Crippen MR) is 98.6 cm³/mol. The van der Waals surface area contributed by atoms with Gasteiger partial charge in [0.1, 0.15) is 17.0 Å². The van der Waals surface area contributed by atoms with Crippen LogP contribution in [0.2, 0.25) is 0 Å². The fourth-order valence-corrected chi connectivity index (χ4v) is 2.82. The first-order valence-corrected chi connectivity index (χ1v) is 8.14. The van der Waals surface area contributed by atoms with E-state index < -0.39 is 17.2 Å². The number of benzene rings is 1. The Morgan fingerprint density at radius 3 is 2.67 bits per heavy atom. The Morgan fingerprint density at radius 2 is 1.96 bits per heavy atom. The molecule has 1 amide bonds. The van der Waals surface area contributed by atoms with E-state index in [1.165, 1.54) is 35.1 Å². The molecule has 27 heavy (non-hydrogen) atoms. The van der Waals surface area contributed by atoms with E-state index >= 15 is 0 Å². The van der Waals surface area contributed by atoms with Gasteiger partial charge in [0.25, 0.3) is 5.91 Å². The molecule has 1 aromatic carbocycles. The van der Waals surface area contributed by atoms with Crippen LogP contribution in [-0.4, -0.2) is 25.7 Å². The highest BCUT2D eigenvalue weighted by atomic mass is 19.1. The van der Waals surface area contributed by atoms with Gasteiger partial charge in [0.05, 0.1) is 11.1 Å². The van der Waals surface area contributed by atoms with Crippen molar-refractivity contribution >= 4 is 22.6 Å². The molecule has 3 aromatic heterocycles. The molecule has 0 radical (unpaired) electrons. The van der Waals surface area contributed by atoms with Gasteiger partial charge < -0.3 is 10.3 Å². The Kier molecular flexibility index (Phi) is 4.00. The average molecular weight is 363 g/mol. The number of aromatic amines is 1. The minimum atomic E-state index is -0.588. The number of nitrogens with zero attached hydrogens (tertiary/aromatic N) is 3. The number of carbonyl (C=O) groups is 1. The first-order chi connectivity index (χ1) is 13.0. The van der Waals surface area contributed by atoms with Crippen LogP contribution in [0.15, 0.2) is 59.7 Å². The van der Waals surface area contributed by atoms with Gasteiger partial charge >= 0.3 is 0 Å². The molecule has 7 nitrogen and oxygen atoms in total. The van der Waals surface area contributed by atoms with Crippen LogP contribution >= 0.6 is 0 Å². The lowest BCUT2D eigenvalue weighted by Crippen LogP contribution is -2.22. The summed E-state index contributed by atoms with van der Waals surface area (Å²) in [6, 6.07) is 10.7. The van der Waals surface area contributed by atoms with Crippen LogP contribution in [0.4, 0.5) is 10.1 Å². The van der Waals surface area contributed by atoms with Crippen molar-refractivity contribution in [2.24, 2.45) is 0 Å². The van der Waals surface area contributed by atoms with E-state index in [2.05, 4.69) is 20.4 Å². The zero-order chi connectivity index (χ0) is 19.0. The molecule has 0 unspecified atom stereocenters. The highest BCUT2D eigenvalue weighted by Gasteiger charge is 2.19. The third kappa shape index (κ3) is 2.97. The third-order valence-electron chi connectivity index (χ3n) is 4.10. The van der Waals surface area contributed by atoms with E-state index in [4.69, 9.17) is 0 Å². The maximum absolute atomic E-state index is 13.0. The number of aryl methyl sites for hydroxylation is 1. The van der Waals surface area contributed by atoms with Gasteiger partial charge in [0, 0.05) is 18.1 Å². The molecule has 8 heteroatoms. The Morgan fingerprint density at radius 1 is 1.19 bits per heavy atom. The van der Waals surface area contributed by atoms with E-state index in [0.717, 1.165) is 0 Å². The number of carbonyl (C=O) groups excluding carboxylic acids is 1. The summed E-state index contributed by atoms with van der Waals surface area (Å²) >= 11 is 0. The van der Waals surface area contributed by atoms with Crippen molar-refractivity contribution in [3.05, 3.63) is 82.2 Å². The van der Waals surface area contributed by atoms with Crippen molar-refractivity contribution in [3.63, 3.8) is 0 Å². The molecule has 0 aliphatic heterocycles. The first kappa shape index (κ1) is 16.6. The minimum Gasteiger partial charge on any atom is -0.345 e. The lowest BCUT2D eigenvalue weighted by molar-refractivity contribution is 0.102. The van der Waals surface area contributed by atoms with Gasteiger partial charge in [-0.15, -0.1) is 0 Å². The number of halogens is 1. The molecule has 0 saturated heterocycles. The maximum Gasteiger partial charge on any atom is 0.261 e. The van der Waals surface area contributed by atoms with Gasteiger partial charge in [-0.3, -0.25) is 9.59 Å². The monoisotopic (exact) mass is 363 g/mol. The second-order valence-corrected chi connectivity index (χ2v) is 5.90. The summed E-state index contributed by atoms with van der Waals surface area (Å²) in [5, 5.41) is 7.26. The number of rotatable bonds is 3. The summed E-state index contributed by atoms with van der Waals surface area (Å²) in [7, 11) is 0. The zero-order valence-corrected chi connectivity index (χ0v) is 14.2. The number of H-pyrrole nitrogens is 1. The number of pyridine rings is 2. The van der Waals surface area contributed by atoms with Gasteiger partial charge in [0.15, 0.2) is 5.82 Å². The quantitative estimate of drug-likeness (QED) is 0.585. The van der Waals surface area contributed by atoms with Crippen LogP contribution in [0.5, 0.6) is 0 Å². The molecule has 3 heterocycles. The molecule has 4 rings (SSSR count). The molecule has 134 valence electrons. The fraction of sp³-hybridized carbons (Fsp3) is 0.0526. The van der Waals surface area contributed by atoms with Crippen LogP contribution in [0.1, 0.15) is 16.1 Å². The summed E-state index contributed by atoms with van der Waals surface area (Å²) in [5.74, 6) is -0.450. The smallest absolute Gasteiger partial charge is 0.261 e. The minimum absolute atomic E-state index is 0.0597. The van der Waals surface area contributed by atoms with Crippen molar-refractivity contribution < 1.29 is 9.18 Å². The summed E-state index contributed by atoms with van der Waals surface area (Å²) in [5.41, 5.74) is 0.822. The van der Waals surface area contributed by atoms with E-state index in [9.17, 15) is 14.0 Å². The number of aromatic nitrogens is 4. The van der Waals surface area contributed by atoms with Gasteiger partial charge in [0.2, 0.25) is 5.43 Å². The van der Waals surface area contributed by atoms with Crippen molar-refractivity contribution in [2.75, 3.05) is 5.32 Å². The van der Waals surface area contributed by atoms with Crippen LogP contribution in [-0.2, 0) is 0 Å². The van der Waals surface area contributed by atoms with Gasteiger partial charge in [-0.1, -0.05) is 6.07 Å². The summed E-state index contributed by atoms with van der Waals surface area (Å²) in [6.45, 7) is 1.69. The SMILES string of the molecule is Cc1nn(-c2ccccn2)c2[nH]cc(C(=O)Nc3ccc(F)cc3)c(=O)c12. The molecule has 0 fully saturated rings. The van der Waals surface area contributed by atoms with Crippen LogP contribution in [0.25, 0.3) is 16.9 Å². The zero-order valence-electron chi connectivity index (χ0n) is 14.2. The number of fused-ring (bicyclic) bond motifs is 1. The third-order valence-corrected chi connectivity index (χ3v) is 4.10. The van der Waals surface area contributed by atoms with Crippen LogP contribution in [0.3, 0.4) is 0 Å². The number of hydrogen-bond acceptors (Lipinski definition) is 4. The number of amides is 1. The molecule has 0 atom stereocenters. The van der Waals surface area contributed by atoms with Crippen LogP contribution in [0, 0.1) is 12.7 Å². The highest BCUT2D eigenvalue weighted by molar-refractivity contribution is 6.05. The van der Waals surface area contributed by atoms with E-state index in [-0.39, 0.29) is 5.56 Å². The van der Waals surface area contributed by atoms with E-state index in [1.807, 2.05) is 6.07 Å². The number of nitrogens with one attached hydrogen (secondary N) is 2. The van der Waals surface area contributed by atoms with Crippen molar-refractivity contribution in [3.8, 4) is 5.82 Å². The second kappa shape index (κ2) is 6.49. The predicted octanol–water partition coefficient (Wildman–Crippen LogP) is 2.81. The molecular formula is C19H14FN5O2. The molecule has 0 bridgehead atoms. The largest absolute Gasteiger partial charge is 0.345 e. The normalized spacial score (nSPS) is 10.9. The van der Waals surface area contributed by atoms with Gasteiger partial charge in [-0.05, 0) is 43.3 Å². The van der Waals surface area contributed by atoms with E-state index in [1.54, 1.807) is 25.3 Å². The second-order valence-electron chi connectivity index (χ2n) is 5.90. The lowest BCUT2D eigenvalue weighted by atomic mass is 10.1. The van der Waals surface area contributed by atoms with Gasteiger partial charge in [-0.25, -0.2) is 9.37 Å². The fourth-order valence-electron chi connectivity index (χ4n) is 2.82. The Bertz CT molecular complexity index is 1200. The van der Waals surface area contributed by atoms with Crippen molar-refractivity contribution in [1.29, 1.82) is 0 Å². The first-order valence-electron chi connectivity index (χ1n) is 8.14. The molecule has 0 aliphatic rings. The summed E-state index contributed by atoms with van der Waals surface area (Å²) in [4.78, 5) is 32.5. The molecular weight excluding hydrogens is 349 g/mol. The van der Waals surface area contributed by atoms with Gasteiger partial charge in [-0.2, -0.15) is 9.78 Å². The molecule has 2 N–H and O–H groups in total. The number of hydrogen-bond donors (Lipinski definition) is 2. The lowest BCUT2D eigenvalue weighted by Gasteiger charge is -2.06. The standard InChI is InChI=1S/C19H14FN5O2/c1-11-16-17(26)14(19(27)23-13-7-5-12(20)6-8-13)10-22-18(16)25(24-11)15-4-2-3-9-21-15/h2-10H,1H3,(H,22,26)(H,23,27). The molecule has 0 saturated carbocycles. The molecule has 4 aromatic rings. The van der Waals surface area contributed by atoms with Crippen molar-refractivity contribution in [2.45, 2.75) is 6.92 Å². The molecule has 0 spiro atoms. The summed E-state index contributed by atoms with van der Waals surface area (Å²) < 4.78 is 14.5. The highest BCUT2D eigenvalue weighted by Crippen LogP contribution is 2.17.